The summed E-state index contributed by atoms with van der Waals surface area (Å²) in [6.07, 6.45) is -7.29. The van der Waals surface area contributed by atoms with Gasteiger partial charge in [-0.25, -0.2) is 4.79 Å². The Hall–Kier alpha value is -3.11. The van der Waals surface area contributed by atoms with Crippen molar-refractivity contribution in [3.63, 3.8) is 0 Å². The zero-order chi connectivity index (χ0) is 24.6. The zero-order valence-corrected chi connectivity index (χ0v) is 18.5. The number of ether oxygens (including phenoxy) is 2. The van der Waals surface area contributed by atoms with Crippen molar-refractivity contribution in [1.29, 1.82) is 0 Å². The fourth-order valence-electron chi connectivity index (χ4n) is 3.30. The van der Waals surface area contributed by atoms with E-state index in [-0.39, 0.29) is 30.9 Å². The van der Waals surface area contributed by atoms with Crippen molar-refractivity contribution in [1.82, 2.24) is 0 Å². The SMILES string of the molecule is CCO[C@H](c1ccc([C@H](COC)CC(=O)O)cc1NC(=O)Nc1ccc(C)cc1)C(F)(F)F. The second-order valence-electron chi connectivity index (χ2n) is 7.42. The Morgan fingerprint density at radius 1 is 1.09 bits per heavy atom. The third kappa shape index (κ3) is 7.76. The minimum Gasteiger partial charge on any atom is -0.481 e. The number of nitrogens with one attached hydrogen (secondary N) is 2. The molecule has 0 aliphatic rings. The lowest BCUT2D eigenvalue weighted by molar-refractivity contribution is -0.222. The van der Waals surface area contributed by atoms with Crippen molar-refractivity contribution in [2.45, 2.75) is 38.5 Å². The summed E-state index contributed by atoms with van der Waals surface area (Å²) in [5, 5.41) is 14.2. The lowest BCUT2D eigenvalue weighted by atomic mass is 9.93. The van der Waals surface area contributed by atoms with Crippen molar-refractivity contribution in [3.05, 3.63) is 59.2 Å². The molecule has 0 radical (unpaired) electrons. The zero-order valence-electron chi connectivity index (χ0n) is 18.5. The number of methoxy groups -OCH3 is 1. The topological polar surface area (TPSA) is 96.9 Å². The lowest BCUT2D eigenvalue weighted by Gasteiger charge is -2.25. The van der Waals surface area contributed by atoms with Gasteiger partial charge >= 0.3 is 18.2 Å². The number of amides is 2. The first-order valence-electron chi connectivity index (χ1n) is 10.2. The van der Waals surface area contributed by atoms with Crippen LogP contribution >= 0.6 is 0 Å². The quantitative estimate of drug-likeness (QED) is 0.429. The fraction of sp³-hybridized carbons (Fsp3) is 0.391. The Labute approximate surface area is 189 Å². The summed E-state index contributed by atoms with van der Waals surface area (Å²) in [4.78, 5) is 23.8. The van der Waals surface area contributed by atoms with Crippen molar-refractivity contribution in [2.75, 3.05) is 31.0 Å². The van der Waals surface area contributed by atoms with Crippen molar-refractivity contribution in [2.24, 2.45) is 0 Å². The maximum Gasteiger partial charge on any atom is 0.418 e. The standard InChI is InChI=1S/C23H27F3N2O5/c1-4-33-21(23(24,25)26)18-10-7-15(16(13-32-3)12-20(29)30)11-19(18)28-22(31)27-17-8-5-14(2)6-9-17/h5-11,16,21H,4,12-13H2,1-3H3,(H,29,30)(H2,27,28,31)/t16-,21+/m0/s1. The van der Waals surface area contributed by atoms with E-state index in [1.54, 1.807) is 24.3 Å². The number of carbonyl (C=O) groups is 2. The number of aliphatic carboxylic acids is 1. The van der Waals surface area contributed by atoms with Gasteiger partial charge in [0, 0.05) is 36.6 Å². The highest BCUT2D eigenvalue weighted by molar-refractivity contribution is 6.00. The molecule has 2 rings (SSSR count). The monoisotopic (exact) mass is 468 g/mol. The molecule has 0 aliphatic heterocycles. The summed E-state index contributed by atoms with van der Waals surface area (Å²) >= 11 is 0. The normalized spacial score (nSPS) is 13.3. The van der Waals surface area contributed by atoms with E-state index in [1.165, 1.54) is 32.2 Å². The second-order valence-corrected chi connectivity index (χ2v) is 7.42. The number of halogens is 3. The molecular formula is C23H27F3N2O5. The largest absolute Gasteiger partial charge is 0.481 e. The van der Waals surface area contributed by atoms with Gasteiger partial charge < -0.3 is 25.2 Å². The van der Waals surface area contributed by atoms with Gasteiger partial charge in [0.05, 0.1) is 13.0 Å². The highest BCUT2D eigenvalue weighted by atomic mass is 19.4. The highest BCUT2D eigenvalue weighted by Gasteiger charge is 2.43. The Morgan fingerprint density at radius 2 is 1.76 bits per heavy atom. The second kappa shape index (κ2) is 11.7. The van der Waals surface area contributed by atoms with Gasteiger partial charge in [-0.2, -0.15) is 13.2 Å². The van der Waals surface area contributed by atoms with Gasteiger partial charge in [-0.1, -0.05) is 29.8 Å². The van der Waals surface area contributed by atoms with Gasteiger partial charge in [0.2, 0.25) is 0 Å². The average molecular weight is 468 g/mol. The average Bonchev–Trinajstić information content (AvgIpc) is 2.72. The first kappa shape index (κ1) is 26.1. The number of aryl methyl sites for hydroxylation is 1. The van der Waals surface area contributed by atoms with Crippen LogP contribution in [0.3, 0.4) is 0 Å². The molecule has 0 saturated heterocycles. The van der Waals surface area contributed by atoms with E-state index in [2.05, 4.69) is 10.6 Å². The minimum atomic E-state index is -4.73. The molecule has 3 N–H and O–H groups in total. The molecule has 0 heterocycles. The number of anilines is 2. The van der Waals surface area contributed by atoms with Crippen molar-refractivity contribution >= 4 is 23.4 Å². The lowest BCUT2D eigenvalue weighted by Crippen LogP contribution is -2.27. The number of carboxylic acid groups (broad SMARTS) is 1. The van der Waals surface area contributed by atoms with Crippen LogP contribution in [0, 0.1) is 6.92 Å². The fourth-order valence-corrected chi connectivity index (χ4v) is 3.30. The Balaban J connectivity index is 2.45. The van der Waals surface area contributed by atoms with E-state index in [9.17, 15) is 27.9 Å². The van der Waals surface area contributed by atoms with Crippen molar-refractivity contribution < 1.29 is 37.3 Å². The maximum absolute atomic E-state index is 13.7. The smallest absolute Gasteiger partial charge is 0.418 e. The van der Waals surface area contributed by atoms with E-state index in [0.717, 1.165) is 5.56 Å². The minimum absolute atomic E-state index is 0.0365. The molecule has 2 amide bonds. The van der Waals surface area contributed by atoms with Crippen LogP contribution in [0.25, 0.3) is 0 Å². The van der Waals surface area contributed by atoms with Crippen LogP contribution in [-0.2, 0) is 14.3 Å². The molecule has 2 aromatic rings. The molecule has 0 bridgehead atoms. The molecule has 0 aromatic heterocycles. The van der Waals surface area contributed by atoms with Gasteiger partial charge in [-0.15, -0.1) is 0 Å². The number of hydrogen-bond acceptors (Lipinski definition) is 4. The van der Waals surface area contributed by atoms with Crippen molar-refractivity contribution in [3.8, 4) is 0 Å². The van der Waals surface area contributed by atoms with Crippen LogP contribution in [0.15, 0.2) is 42.5 Å². The third-order valence-corrected chi connectivity index (χ3v) is 4.81. The number of rotatable bonds is 10. The van der Waals surface area contributed by atoms with Gasteiger partial charge in [0.15, 0.2) is 6.10 Å². The molecule has 10 heteroatoms. The van der Waals surface area contributed by atoms with Crippen LogP contribution < -0.4 is 10.6 Å². The maximum atomic E-state index is 13.7. The number of benzene rings is 2. The molecule has 33 heavy (non-hydrogen) atoms. The van der Waals surface area contributed by atoms with E-state index in [1.807, 2.05) is 6.92 Å². The summed E-state index contributed by atoms with van der Waals surface area (Å²) in [5.41, 5.74) is 1.41. The summed E-state index contributed by atoms with van der Waals surface area (Å²) in [7, 11) is 1.40. The van der Waals surface area contributed by atoms with Gasteiger partial charge in [0.25, 0.3) is 0 Å². The number of hydrogen-bond donors (Lipinski definition) is 3. The van der Waals surface area contributed by atoms with E-state index in [4.69, 9.17) is 9.47 Å². The number of alkyl halides is 3. The van der Waals surface area contributed by atoms with Gasteiger partial charge in [-0.3, -0.25) is 4.79 Å². The van der Waals surface area contributed by atoms with E-state index in [0.29, 0.717) is 11.3 Å². The van der Waals surface area contributed by atoms with Crippen LogP contribution in [-0.4, -0.2) is 43.6 Å². The molecule has 2 aromatic carbocycles. The number of carbonyl (C=O) groups excluding carboxylic acids is 1. The first-order chi connectivity index (χ1) is 15.5. The Bertz CT molecular complexity index is 948. The molecular weight excluding hydrogens is 441 g/mol. The number of carboxylic acids is 1. The third-order valence-electron chi connectivity index (χ3n) is 4.81. The van der Waals surface area contributed by atoms with Crippen LogP contribution in [0.2, 0.25) is 0 Å². The van der Waals surface area contributed by atoms with Crippen LogP contribution in [0.1, 0.15) is 42.1 Å². The summed E-state index contributed by atoms with van der Waals surface area (Å²) in [5.74, 6) is -1.71. The summed E-state index contributed by atoms with van der Waals surface area (Å²) in [6, 6.07) is 10.0. The Kier molecular flexibility index (Phi) is 9.24. The van der Waals surface area contributed by atoms with Crippen LogP contribution in [0.5, 0.6) is 0 Å². The van der Waals surface area contributed by atoms with Gasteiger partial charge in [-0.05, 0) is 37.6 Å². The summed E-state index contributed by atoms with van der Waals surface area (Å²) < 4.78 is 51.1. The first-order valence-corrected chi connectivity index (χ1v) is 10.2. The molecule has 0 spiro atoms. The van der Waals surface area contributed by atoms with Gasteiger partial charge in [0.1, 0.15) is 0 Å². The predicted molar refractivity (Wildman–Crippen MR) is 118 cm³/mol. The highest BCUT2D eigenvalue weighted by Crippen LogP contribution is 2.40. The van der Waals surface area contributed by atoms with E-state index < -0.39 is 30.2 Å². The number of urea groups is 1. The molecule has 0 unspecified atom stereocenters. The summed E-state index contributed by atoms with van der Waals surface area (Å²) in [6.45, 7) is 3.15. The molecule has 0 aliphatic carbocycles. The van der Waals surface area contributed by atoms with E-state index >= 15 is 0 Å². The molecule has 2 atom stereocenters. The van der Waals surface area contributed by atoms with Crippen LogP contribution in [0.4, 0.5) is 29.3 Å². The molecule has 180 valence electrons. The Morgan fingerprint density at radius 3 is 2.30 bits per heavy atom. The molecule has 0 saturated carbocycles. The molecule has 0 fully saturated rings. The molecule has 7 nitrogen and oxygen atoms in total. The predicted octanol–water partition coefficient (Wildman–Crippen LogP) is 5.48.